The smallest absolute Gasteiger partial charge is 0.0306 e. The van der Waals surface area contributed by atoms with Gasteiger partial charge in [-0.05, 0) is 51.5 Å². The van der Waals surface area contributed by atoms with E-state index in [0.717, 1.165) is 18.5 Å². The first-order valence-electron chi connectivity index (χ1n) is 8.68. The molecule has 2 unspecified atom stereocenters. The summed E-state index contributed by atoms with van der Waals surface area (Å²) in [5.74, 6) is 0.972. The lowest BCUT2D eigenvalue weighted by atomic mass is 9.88. The lowest BCUT2D eigenvalue weighted by molar-refractivity contribution is 0.0582. The second kappa shape index (κ2) is 7.08. The summed E-state index contributed by atoms with van der Waals surface area (Å²) in [7, 11) is 0. The Labute approximate surface area is 120 Å². The summed E-state index contributed by atoms with van der Waals surface area (Å²) >= 11 is 0. The van der Waals surface area contributed by atoms with E-state index in [9.17, 15) is 0 Å². The van der Waals surface area contributed by atoms with Crippen molar-refractivity contribution in [2.45, 2.75) is 89.6 Å². The summed E-state index contributed by atoms with van der Waals surface area (Å²) in [4.78, 5) is 2.82. The molecule has 1 heterocycles. The maximum atomic E-state index is 6.19. The van der Waals surface area contributed by atoms with Crippen molar-refractivity contribution in [3.8, 4) is 0 Å². The maximum absolute atomic E-state index is 6.19. The van der Waals surface area contributed by atoms with Crippen molar-refractivity contribution in [3.63, 3.8) is 0 Å². The first-order chi connectivity index (χ1) is 9.21. The molecule has 2 heteroatoms. The molecule has 0 spiro atoms. The van der Waals surface area contributed by atoms with Crippen molar-refractivity contribution in [1.29, 1.82) is 0 Å². The summed E-state index contributed by atoms with van der Waals surface area (Å²) in [5.41, 5.74) is 6.45. The predicted molar refractivity (Wildman–Crippen MR) is 83.3 cm³/mol. The van der Waals surface area contributed by atoms with Gasteiger partial charge in [-0.2, -0.15) is 0 Å². The molecule has 2 nitrogen and oxygen atoms in total. The second-order valence-corrected chi connectivity index (χ2v) is 7.11. The van der Waals surface area contributed by atoms with Crippen LogP contribution in [0, 0.1) is 5.92 Å². The summed E-state index contributed by atoms with van der Waals surface area (Å²) in [6, 6.07) is 0.845. The third-order valence-corrected chi connectivity index (χ3v) is 5.70. The van der Waals surface area contributed by atoms with Gasteiger partial charge >= 0.3 is 0 Å². The highest BCUT2D eigenvalue weighted by atomic mass is 15.3. The SMILES string of the molecule is CCCCCC(C)(CN)N1CCCC1C1CCCC1. The molecule has 2 aliphatic rings. The van der Waals surface area contributed by atoms with E-state index >= 15 is 0 Å². The average molecular weight is 266 g/mol. The molecule has 2 atom stereocenters. The molecular formula is C17H34N2. The van der Waals surface area contributed by atoms with Gasteiger partial charge in [-0.1, -0.05) is 39.0 Å². The molecule has 0 bridgehead atoms. The van der Waals surface area contributed by atoms with Crippen LogP contribution < -0.4 is 5.73 Å². The summed E-state index contributed by atoms with van der Waals surface area (Å²) < 4.78 is 0. The van der Waals surface area contributed by atoms with Crippen molar-refractivity contribution >= 4 is 0 Å². The number of unbranched alkanes of at least 4 members (excludes halogenated alkanes) is 2. The van der Waals surface area contributed by atoms with Gasteiger partial charge in [-0.25, -0.2) is 0 Å². The number of hydrogen-bond acceptors (Lipinski definition) is 2. The van der Waals surface area contributed by atoms with E-state index in [4.69, 9.17) is 5.73 Å². The van der Waals surface area contributed by atoms with Gasteiger partial charge in [0.1, 0.15) is 0 Å². The lowest BCUT2D eigenvalue weighted by Gasteiger charge is -2.44. The van der Waals surface area contributed by atoms with Crippen LogP contribution in [0.5, 0.6) is 0 Å². The molecule has 0 radical (unpaired) electrons. The quantitative estimate of drug-likeness (QED) is 0.707. The third kappa shape index (κ3) is 3.52. The zero-order chi connectivity index (χ0) is 13.7. The Morgan fingerprint density at radius 1 is 1.11 bits per heavy atom. The van der Waals surface area contributed by atoms with Crippen molar-refractivity contribution in [2.24, 2.45) is 11.7 Å². The minimum Gasteiger partial charge on any atom is -0.329 e. The summed E-state index contributed by atoms with van der Waals surface area (Å²) in [5, 5.41) is 0. The average Bonchev–Trinajstić information content (AvgIpc) is 3.09. The van der Waals surface area contributed by atoms with Crippen LogP contribution in [0.25, 0.3) is 0 Å². The number of hydrogen-bond donors (Lipinski definition) is 1. The van der Waals surface area contributed by atoms with E-state index in [2.05, 4.69) is 18.7 Å². The molecule has 2 fully saturated rings. The van der Waals surface area contributed by atoms with Crippen molar-refractivity contribution in [2.75, 3.05) is 13.1 Å². The Morgan fingerprint density at radius 3 is 2.47 bits per heavy atom. The van der Waals surface area contributed by atoms with Gasteiger partial charge in [0, 0.05) is 18.1 Å². The number of likely N-dealkylation sites (tertiary alicyclic amines) is 1. The largest absolute Gasteiger partial charge is 0.329 e. The molecular weight excluding hydrogens is 232 g/mol. The minimum atomic E-state index is 0.263. The van der Waals surface area contributed by atoms with Gasteiger partial charge < -0.3 is 5.73 Å². The lowest BCUT2D eigenvalue weighted by Crippen LogP contribution is -2.55. The van der Waals surface area contributed by atoms with Crippen LogP contribution >= 0.6 is 0 Å². The molecule has 2 rings (SSSR count). The Morgan fingerprint density at radius 2 is 1.84 bits per heavy atom. The fourth-order valence-electron chi connectivity index (χ4n) is 4.41. The molecule has 1 saturated carbocycles. The molecule has 1 aliphatic carbocycles. The number of nitrogens with zero attached hydrogens (tertiary/aromatic N) is 1. The Balaban J connectivity index is 1.98. The molecule has 0 amide bonds. The second-order valence-electron chi connectivity index (χ2n) is 7.11. The van der Waals surface area contributed by atoms with Crippen LogP contribution in [0.4, 0.5) is 0 Å². The molecule has 2 N–H and O–H groups in total. The summed E-state index contributed by atoms with van der Waals surface area (Å²) in [6.07, 6.45) is 14.0. The van der Waals surface area contributed by atoms with E-state index in [-0.39, 0.29) is 5.54 Å². The van der Waals surface area contributed by atoms with Crippen LogP contribution in [-0.2, 0) is 0 Å². The molecule has 112 valence electrons. The van der Waals surface area contributed by atoms with E-state index < -0.39 is 0 Å². The zero-order valence-corrected chi connectivity index (χ0v) is 13.2. The van der Waals surface area contributed by atoms with Gasteiger partial charge in [0.05, 0.1) is 0 Å². The fraction of sp³-hybridized carbons (Fsp3) is 1.00. The molecule has 0 aromatic carbocycles. The monoisotopic (exact) mass is 266 g/mol. The highest BCUT2D eigenvalue weighted by Gasteiger charge is 2.41. The van der Waals surface area contributed by atoms with Crippen molar-refractivity contribution < 1.29 is 0 Å². The van der Waals surface area contributed by atoms with Crippen LogP contribution in [0.15, 0.2) is 0 Å². The molecule has 0 aromatic rings. The van der Waals surface area contributed by atoms with Crippen LogP contribution in [-0.4, -0.2) is 29.6 Å². The topological polar surface area (TPSA) is 29.3 Å². The first-order valence-corrected chi connectivity index (χ1v) is 8.68. The van der Waals surface area contributed by atoms with Crippen LogP contribution in [0.3, 0.4) is 0 Å². The van der Waals surface area contributed by atoms with E-state index in [1.54, 1.807) is 0 Å². The molecule has 1 aliphatic heterocycles. The van der Waals surface area contributed by atoms with E-state index in [1.807, 2.05) is 0 Å². The Kier molecular flexibility index (Phi) is 5.70. The highest BCUT2D eigenvalue weighted by Crippen LogP contribution is 2.39. The normalized spacial score (nSPS) is 28.9. The van der Waals surface area contributed by atoms with Crippen LogP contribution in [0.1, 0.15) is 78.1 Å². The fourth-order valence-corrected chi connectivity index (χ4v) is 4.41. The van der Waals surface area contributed by atoms with Crippen molar-refractivity contribution in [3.05, 3.63) is 0 Å². The first kappa shape index (κ1) is 15.3. The van der Waals surface area contributed by atoms with Crippen molar-refractivity contribution in [1.82, 2.24) is 4.90 Å². The molecule has 19 heavy (non-hydrogen) atoms. The third-order valence-electron chi connectivity index (χ3n) is 5.70. The zero-order valence-electron chi connectivity index (χ0n) is 13.2. The van der Waals surface area contributed by atoms with E-state index in [1.165, 1.54) is 70.8 Å². The highest BCUT2D eigenvalue weighted by molar-refractivity contribution is 4.97. The van der Waals surface area contributed by atoms with Gasteiger partial charge in [0.15, 0.2) is 0 Å². The van der Waals surface area contributed by atoms with Gasteiger partial charge in [-0.15, -0.1) is 0 Å². The predicted octanol–water partition coefficient (Wildman–Crippen LogP) is 3.94. The molecule has 0 aromatic heterocycles. The van der Waals surface area contributed by atoms with Gasteiger partial charge in [-0.3, -0.25) is 4.90 Å². The van der Waals surface area contributed by atoms with Crippen LogP contribution in [0.2, 0.25) is 0 Å². The summed E-state index contributed by atoms with van der Waals surface area (Å²) in [6.45, 7) is 6.84. The van der Waals surface area contributed by atoms with E-state index in [0.29, 0.717) is 0 Å². The van der Waals surface area contributed by atoms with Gasteiger partial charge in [0.2, 0.25) is 0 Å². The maximum Gasteiger partial charge on any atom is 0.0306 e. The Hall–Kier alpha value is -0.0800. The van der Waals surface area contributed by atoms with Gasteiger partial charge in [0.25, 0.3) is 0 Å². The molecule has 1 saturated heterocycles. The standard InChI is InChI=1S/C17H34N2/c1-3-4-7-12-17(2,14-18)19-13-8-11-16(19)15-9-5-6-10-15/h15-16H,3-14,18H2,1-2H3. The Bertz CT molecular complexity index is 260. The minimum absolute atomic E-state index is 0.263. The number of rotatable bonds is 7. The number of nitrogens with two attached hydrogens (primary N) is 1.